The van der Waals surface area contributed by atoms with Gasteiger partial charge in [0, 0.05) is 6.20 Å². The molecule has 1 aliphatic rings. The molecule has 0 saturated carbocycles. The normalized spacial score (nSPS) is 17.4. The van der Waals surface area contributed by atoms with Gasteiger partial charge in [-0.2, -0.15) is 13.8 Å². The number of carbonyl (C=O) groups is 1. The topological polar surface area (TPSA) is 101 Å². The number of aldehydes is 1. The molecule has 0 unspecified atom stereocenters. The smallest absolute Gasteiger partial charge is 0.351 e. The predicted molar refractivity (Wildman–Crippen MR) is 223 cm³/mol. The Morgan fingerprint density at radius 3 is 1.48 bits per heavy atom. The molecule has 0 bridgehead atoms. The van der Waals surface area contributed by atoms with Gasteiger partial charge in [-0.25, -0.2) is 4.79 Å². The van der Waals surface area contributed by atoms with Crippen LogP contribution in [0.4, 0.5) is 14.6 Å². The summed E-state index contributed by atoms with van der Waals surface area (Å²) in [6.07, 6.45) is -4.71. The molecule has 2 heterocycles. The number of methoxy groups -OCH3 is 2. The highest BCUT2D eigenvalue weighted by atomic mass is 19.3. The fourth-order valence-corrected chi connectivity index (χ4v) is 8.02. The van der Waals surface area contributed by atoms with Crippen molar-refractivity contribution >= 4 is 12.1 Å². The van der Waals surface area contributed by atoms with Crippen LogP contribution in [0, 0.1) is 0 Å². The second-order valence-electron chi connectivity index (χ2n) is 14.3. The number of anilines is 1. The molecule has 1 fully saturated rings. The molecule has 0 radical (unpaired) electrons. The Kier molecular flexibility index (Phi) is 11.1. The van der Waals surface area contributed by atoms with Crippen molar-refractivity contribution in [2.45, 2.75) is 35.5 Å². The monoisotopic (exact) mass is 805 g/mol. The first kappa shape index (κ1) is 39.9. The molecule has 1 N–H and O–H groups in total. The number of nitrogens with zero attached hydrogens (tertiary/aromatic N) is 2. The maximum Gasteiger partial charge on any atom is 0.351 e. The molecule has 0 aliphatic carbocycles. The van der Waals surface area contributed by atoms with Gasteiger partial charge in [0.1, 0.15) is 34.6 Å². The summed E-state index contributed by atoms with van der Waals surface area (Å²) in [4.78, 5) is 31.1. The van der Waals surface area contributed by atoms with Crippen molar-refractivity contribution in [1.82, 2.24) is 9.55 Å². The molecule has 60 heavy (non-hydrogen) atoms. The van der Waals surface area contributed by atoms with E-state index in [1.165, 1.54) is 19.4 Å². The van der Waals surface area contributed by atoms with Gasteiger partial charge in [0.2, 0.25) is 6.23 Å². The van der Waals surface area contributed by atoms with Gasteiger partial charge in [-0.05, 0) is 63.7 Å². The molecule has 3 atom stereocenters. The summed E-state index contributed by atoms with van der Waals surface area (Å²) in [7, 11) is 3.11. The van der Waals surface area contributed by atoms with E-state index in [4.69, 9.17) is 18.9 Å². The number of hydrogen-bond acceptors (Lipinski definition) is 8. The van der Waals surface area contributed by atoms with Gasteiger partial charge in [0.15, 0.2) is 12.4 Å². The largest absolute Gasteiger partial charge is 0.497 e. The van der Waals surface area contributed by atoms with Crippen LogP contribution in [0.15, 0.2) is 187 Å². The number of nitrogens with one attached hydrogen (secondary N) is 1. The van der Waals surface area contributed by atoms with E-state index in [2.05, 4.69) is 10.3 Å². The summed E-state index contributed by atoms with van der Waals surface area (Å²) < 4.78 is 58.5. The van der Waals surface area contributed by atoms with Crippen LogP contribution in [0.25, 0.3) is 0 Å². The van der Waals surface area contributed by atoms with E-state index in [1.54, 1.807) is 79.9 Å². The summed E-state index contributed by atoms with van der Waals surface area (Å²) in [5, 5.41) is 3.50. The molecule has 8 rings (SSSR count). The summed E-state index contributed by atoms with van der Waals surface area (Å²) in [6.45, 7) is 0. The van der Waals surface area contributed by atoms with Crippen LogP contribution in [-0.4, -0.2) is 48.2 Å². The van der Waals surface area contributed by atoms with Gasteiger partial charge in [-0.3, -0.25) is 4.57 Å². The third-order valence-corrected chi connectivity index (χ3v) is 10.9. The van der Waals surface area contributed by atoms with Crippen molar-refractivity contribution in [3.8, 4) is 11.5 Å². The number of hydrogen-bond donors (Lipinski definition) is 1. The van der Waals surface area contributed by atoms with E-state index < -0.39 is 41.2 Å². The minimum Gasteiger partial charge on any atom is -0.497 e. The first-order valence-corrected chi connectivity index (χ1v) is 19.3. The zero-order valence-electron chi connectivity index (χ0n) is 32.7. The van der Waals surface area contributed by atoms with E-state index in [1.807, 2.05) is 97.1 Å². The lowest BCUT2D eigenvalue weighted by molar-refractivity contribution is -0.180. The predicted octanol–water partition coefficient (Wildman–Crippen LogP) is 8.77. The Morgan fingerprint density at radius 2 is 1.05 bits per heavy atom. The number of alkyl halides is 2. The minimum absolute atomic E-state index is 0.104. The van der Waals surface area contributed by atoms with Crippen molar-refractivity contribution in [3.05, 3.63) is 226 Å². The third kappa shape index (κ3) is 7.12. The second kappa shape index (κ2) is 16.7. The standard InChI is InChI=1S/C49H41F2N3O6/c1-57-40-27-23-36(24-28-40)47(34-15-7-3-8-16-34,35-17-9-4-10-18-35)53-43-31-32-54(46(56)52-43)45-49(50,51)44(42(33-55)59-45)60-48(37-19-11-5-12-20-37,38-21-13-6-14-22-38)39-25-29-41(58-2)30-26-39/h3-33,42,44-45H,1-2H3,(H,52,53,56)/t42-,44-,45-/m1/s1. The van der Waals surface area contributed by atoms with Crippen molar-refractivity contribution in [3.63, 3.8) is 0 Å². The molecule has 0 spiro atoms. The number of rotatable bonds is 14. The zero-order valence-corrected chi connectivity index (χ0v) is 32.7. The van der Waals surface area contributed by atoms with E-state index in [9.17, 15) is 9.59 Å². The van der Waals surface area contributed by atoms with E-state index in [0.717, 1.165) is 16.7 Å². The maximum absolute atomic E-state index is 17.2. The van der Waals surface area contributed by atoms with Crippen molar-refractivity contribution in [1.29, 1.82) is 0 Å². The highest BCUT2D eigenvalue weighted by Gasteiger charge is 2.63. The SMILES string of the molecule is COc1ccc(C(Nc2ccn([C@@H]3O[C@H](C=O)[C@@H](OC(c4ccccc4)(c4ccccc4)c4ccc(OC)cc4)C3(F)F)c(=O)n2)(c2ccccc2)c2ccccc2)cc1. The fraction of sp³-hybridized carbons (Fsp3) is 0.163. The first-order valence-electron chi connectivity index (χ1n) is 19.3. The molecule has 1 saturated heterocycles. The van der Waals surface area contributed by atoms with Gasteiger partial charge >= 0.3 is 11.6 Å². The van der Waals surface area contributed by atoms with Gasteiger partial charge in [-0.1, -0.05) is 146 Å². The molecule has 1 aliphatic heterocycles. The number of benzene rings is 6. The summed E-state index contributed by atoms with van der Waals surface area (Å²) in [5.41, 5.74) is 0.183. The number of halogens is 2. The lowest BCUT2D eigenvalue weighted by Crippen LogP contribution is -2.48. The molecule has 6 aromatic carbocycles. The number of carbonyl (C=O) groups excluding carboxylic acids is 1. The molecular weight excluding hydrogens is 765 g/mol. The van der Waals surface area contributed by atoms with Gasteiger partial charge in [0.05, 0.1) is 14.2 Å². The summed E-state index contributed by atoms with van der Waals surface area (Å²) >= 11 is 0. The second-order valence-corrected chi connectivity index (χ2v) is 14.3. The molecule has 9 nitrogen and oxygen atoms in total. The fourth-order valence-electron chi connectivity index (χ4n) is 8.02. The first-order chi connectivity index (χ1) is 29.2. The van der Waals surface area contributed by atoms with Crippen LogP contribution in [0.1, 0.15) is 39.6 Å². The van der Waals surface area contributed by atoms with E-state index in [0.29, 0.717) is 32.8 Å². The molecular formula is C49H41F2N3O6. The van der Waals surface area contributed by atoms with Crippen LogP contribution >= 0.6 is 0 Å². The third-order valence-electron chi connectivity index (χ3n) is 10.9. The Balaban J connectivity index is 1.20. The lowest BCUT2D eigenvalue weighted by atomic mass is 9.77. The Morgan fingerprint density at radius 1 is 0.633 bits per heavy atom. The number of aromatic nitrogens is 2. The Labute approximate surface area is 345 Å². The molecule has 0 amide bonds. The minimum atomic E-state index is -3.94. The summed E-state index contributed by atoms with van der Waals surface area (Å²) in [5.74, 6) is -2.63. The van der Waals surface area contributed by atoms with Gasteiger partial charge in [0.25, 0.3) is 0 Å². The van der Waals surface area contributed by atoms with Crippen LogP contribution < -0.4 is 20.5 Å². The Hall–Kier alpha value is -6.95. The molecule has 7 aromatic rings. The highest BCUT2D eigenvalue weighted by molar-refractivity contribution is 5.60. The van der Waals surface area contributed by atoms with Crippen LogP contribution in [-0.2, 0) is 25.4 Å². The van der Waals surface area contributed by atoms with Crippen LogP contribution in [0.5, 0.6) is 11.5 Å². The van der Waals surface area contributed by atoms with Crippen molar-refractivity contribution in [2.24, 2.45) is 0 Å². The molecule has 302 valence electrons. The maximum atomic E-state index is 17.2. The van der Waals surface area contributed by atoms with Crippen molar-refractivity contribution in [2.75, 3.05) is 19.5 Å². The van der Waals surface area contributed by atoms with E-state index in [-0.39, 0.29) is 12.1 Å². The number of ether oxygens (including phenoxy) is 4. The summed E-state index contributed by atoms with van der Waals surface area (Å²) in [6, 6.07) is 52.9. The van der Waals surface area contributed by atoms with Gasteiger partial charge in [-0.15, -0.1) is 0 Å². The average Bonchev–Trinajstić information content (AvgIpc) is 3.56. The lowest BCUT2D eigenvalue weighted by Gasteiger charge is -2.39. The average molecular weight is 806 g/mol. The quantitative estimate of drug-likeness (QED) is 0.0861. The highest BCUT2D eigenvalue weighted by Crippen LogP contribution is 2.50. The molecule has 1 aromatic heterocycles. The van der Waals surface area contributed by atoms with E-state index >= 15 is 8.78 Å². The zero-order chi connectivity index (χ0) is 41.7. The van der Waals surface area contributed by atoms with Crippen LogP contribution in [0.2, 0.25) is 0 Å². The van der Waals surface area contributed by atoms with Gasteiger partial charge < -0.3 is 29.1 Å². The van der Waals surface area contributed by atoms with Crippen molar-refractivity contribution < 1.29 is 32.5 Å². The molecule has 11 heteroatoms. The van der Waals surface area contributed by atoms with Crippen LogP contribution in [0.3, 0.4) is 0 Å². The Bertz CT molecular complexity index is 2500.